The maximum Gasteiger partial charge on any atom is 0.325 e. The highest BCUT2D eigenvalue weighted by molar-refractivity contribution is 6.04. The van der Waals surface area contributed by atoms with Crippen molar-refractivity contribution < 1.29 is 14.3 Å². The molecule has 8 heteroatoms. The van der Waals surface area contributed by atoms with Crippen LogP contribution in [0.4, 0.5) is 27.7 Å². The highest BCUT2D eigenvalue weighted by atomic mass is 16.5. The number of fused-ring (bicyclic) bond motifs is 3. The fourth-order valence-corrected chi connectivity index (χ4v) is 3.77. The molecule has 2 aromatic carbocycles. The first-order chi connectivity index (χ1) is 15.2. The predicted octanol–water partition coefficient (Wildman–Crippen LogP) is 4.34. The third-order valence-electron chi connectivity index (χ3n) is 5.28. The smallest absolute Gasteiger partial charge is 0.325 e. The maximum absolute atomic E-state index is 12.3. The van der Waals surface area contributed by atoms with E-state index < -0.39 is 6.23 Å². The van der Waals surface area contributed by atoms with Crippen LogP contribution in [-0.2, 0) is 4.74 Å². The molecule has 0 spiro atoms. The van der Waals surface area contributed by atoms with Crippen molar-refractivity contribution in [1.82, 2.24) is 9.88 Å². The average Bonchev–Trinajstić information content (AvgIpc) is 2.81. The molecule has 3 amide bonds. The number of benzene rings is 2. The molecule has 0 saturated carbocycles. The molecule has 3 heterocycles. The van der Waals surface area contributed by atoms with Crippen molar-refractivity contribution in [3.05, 3.63) is 78.0 Å². The summed E-state index contributed by atoms with van der Waals surface area (Å²) >= 11 is 0. The zero-order chi connectivity index (χ0) is 21.2. The third kappa shape index (κ3) is 3.80. The third-order valence-corrected chi connectivity index (χ3v) is 5.28. The van der Waals surface area contributed by atoms with E-state index in [-0.39, 0.29) is 11.9 Å². The second-order valence-corrected chi connectivity index (χ2v) is 7.34. The molecule has 8 nitrogen and oxygen atoms in total. The second kappa shape index (κ2) is 8.08. The van der Waals surface area contributed by atoms with Crippen LogP contribution in [0, 0.1) is 0 Å². The minimum absolute atomic E-state index is 0.158. The van der Waals surface area contributed by atoms with E-state index >= 15 is 0 Å². The fraction of sp³-hybridized carbons (Fsp3) is 0.174. The fourth-order valence-electron chi connectivity index (χ4n) is 3.77. The molecule has 1 unspecified atom stereocenters. The summed E-state index contributed by atoms with van der Waals surface area (Å²) in [6.07, 6.45) is 1.99. The van der Waals surface area contributed by atoms with E-state index in [0.717, 1.165) is 23.4 Å². The van der Waals surface area contributed by atoms with Gasteiger partial charge in [-0.05, 0) is 48.9 Å². The molecular weight excluding hydrogens is 394 g/mol. The number of rotatable bonds is 4. The topological polar surface area (TPSA) is 95.6 Å². The van der Waals surface area contributed by atoms with E-state index in [0.29, 0.717) is 30.2 Å². The van der Waals surface area contributed by atoms with Gasteiger partial charge < -0.3 is 15.4 Å². The SMILES string of the molecule is O=C(Nc1ccc(Nc2ccnc3c2C2OCCCN2C(=O)N3)cc1)c1ccccc1. The number of pyridine rings is 1. The Hall–Kier alpha value is -3.91. The number of ether oxygens (including phenoxy) is 1. The molecule has 1 atom stereocenters. The van der Waals surface area contributed by atoms with Crippen molar-refractivity contribution in [3.63, 3.8) is 0 Å². The normalized spacial score (nSPS) is 17.2. The van der Waals surface area contributed by atoms with E-state index in [1.54, 1.807) is 23.2 Å². The lowest BCUT2D eigenvalue weighted by molar-refractivity contribution is -0.0736. The second-order valence-electron chi connectivity index (χ2n) is 7.34. The van der Waals surface area contributed by atoms with Crippen molar-refractivity contribution in [2.75, 3.05) is 29.1 Å². The van der Waals surface area contributed by atoms with Crippen LogP contribution in [0.3, 0.4) is 0 Å². The molecule has 156 valence electrons. The number of aromatic nitrogens is 1. The lowest BCUT2D eigenvalue weighted by atomic mass is 10.1. The molecule has 1 saturated heterocycles. The van der Waals surface area contributed by atoms with Gasteiger partial charge in [-0.3, -0.25) is 15.0 Å². The predicted molar refractivity (Wildman–Crippen MR) is 117 cm³/mol. The van der Waals surface area contributed by atoms with Crippen molar-refractivity contribution >= 4 is 34.8 Å². The molecule has 0 aliphatic carbocycles. The Balaban J connectivity index is 1.35. The van der Waals surface area contributed by atoms with E-state index in [4.69, 9.17) is 4.74 Å². The van der Waals surface area contributed by atoms with E-state index in [9.17, 15) is 9.59 Å². The summed E-state index contributed by atoms with van der Waals surface area (Å²) in [4.78, 5) is 30.6. The zero-order valence-corrected chi connectivity index (χ0v) is 16.7. The van der Waals surface area contributed by atoms with Gasteiger partial charge in [0.15, 0.2) is 6.23 Å². The molecule has 3 aromatic rings. The van der Waals surface area contributed by atoms with Gasteiger partial charge in [0.1, 0.15) is 5.82 Å². The van der Waals surface area contributed by atoms with E-state index in [2.05, 4.69) is 20.9 Å². The molecular formula is C23H21N5O3. The summed E-state index contributed by atoms with van der Waals surface area (Å²) in [6.45, 7) is 1.23. The number of hydrogen-bond acceptors (Lipinski definition) is 5. The summed E-state index contributed by atoms with van der Waals surface area (Å²) < 4.78 is 5.90. The van der Waals surface area contributed by atoms with Crippen LogP contribution in [0.25, 0.3) is 0 Å². The van der Waals surface area contributed by atoms with Crippen LogP contribution in [0.2, 0.25) is 0 Å². The van der Waals surface area contributed by atoms with Gasteiger partial charge in [-0.25, -0.2) is 9.78 Å². The summed E-state index contributed by atoms with van der Waals surface area (Å²) in [5.74, 6) is 0.347. The van der Waals surface area contributed by atoms with Crippen LogP contribution >= 0.6 is 0 Å². The minimum Gasteiger partial charge on any atom is -0.355 e. The van der Waals surface area contributed by atoms with Crippen LogP contribution in [0.1, 0.15) is 28.6 Å². The van der Waals surface area contributed by atoms with Gasteiger partial charge in [-0.15, -0.1) is 0 Å². The van der Waals surface area contributed by atoms with Gasteiger partial charge in [-0.1, -0.05) is 18.2 Å². The lowest BCUT2D eigenvalue weighted by Crippen LogP contribution is -2.47. The Morgan fingerprint density at radius 1 is 1.06 bits per heavy atom. The van der Waals surface area contributed by atoms with Gasteiger partial charge in [0.2, 0.25) is 0 Å². The molecule has 0 bridgehead atoms. The molecule has 0 radical (unpaired) electrons. The first kappa shape index (κ1) is 19.1. The van der Waals surface area contributed by atoms with Gasteiger partial charge >= 0.3 is 6.03 Å². The average molecular weight is 415 g/mol. The van der Waals surface area contributed by atoms with E-state index in [1.807, 2.05) is 48.5 Å². The Labute approximate surface area is 179 Å². The summed E-state index contributed by atoms with van der Waals surface area (Å²) in [7, 11) is 0. The molecule has 2 aliphatic heterocycles. The Morgan fingerprint density at radius 2 is 1.84 bits per heavy atom. The number of hydrogen-bond donors (Lipinski definition) is 3. The summed E-state index contributed by atoms with van der Waals surface area (Å²) in [6, 6.07) is 18.2. The highest BCUT2D eigenvalue weighted by Crippen LogP contribution is 2.40. The van der Waals surface area contributed by atoms with Crippen molar-refractivity contribution in [2.24, 2.45) is 0 Å². The molecule has 31 heavy (non-hydrogen) atoms. The zero-order valence-electron chi connectivity index (χ0n) is 16.7. The Kier molecular flexibility index (Phi) is 4.97. The summed E-state index contributed by atoms with van der Waals surface area (Å²) in [5, 5.41) is 9.11. The van der Waals surface area contributed by atoms with Gasteiger partial charge in [0.25, 0.3) is 5.91 Å². The van der Waals surface area contributed by atoms with Crippen LogP contribution in [0.5, 0.6) is 0 Å². The largest absolute Gasteiger partial charge is 0.355 e. The number of carbonyl (C=O) groups is 2. The highest BCUT2D eigenvalue weighted by Gasteiger charge is 2.37. The van der Waals surface area contributed by atoms with Crippen LogP contribution in [-0.4, -0.2) is 35.0 Å². The quantitative estimate of drug-likeness (QED) is 0.589. The van der Waals surface area contributed by atoms with Crippen molar-refractivity contribution in [3.8, 4) is 0 Å². The van der Waals surface area contributed by atoms with Crippen LogP contribution in [0.15, 0.2) is 66.9 Å². The maximum atomic E-state index is 12.3. The Bertz CT molecular complexity index is 1120. The monoisotopic (exact) mass is 415 g/mol. The van der Waals surface area contributed by atoms with E-state index in [1.165, 1.54) is 0 Å². The van der Waals surface area contributed by atoms with Crippen molar-refractivity contribution in [1.29, 1.82) is 0 Å². The first-order valence-corrected chi connectivity index (χ1v) is 10.1. The summed E-state index contributed by atoms with van der Waals surface area (Å²) in [5.41, 5.74) is 3.76. The minimum atomic E-state index is -0.460. The first-order valence-electron chi connectivity index (χ1n) is 10.1. The number of nitrogens with zero attached hydrogens (tertiary/aromatic N) is 2. The number of anilines is 4. The standard InChI is InChI=1S/C23H21N5O3/c29-21(15-5-2-1-3-6-15)26-17-9-7-16(8-10-17)25-18-11-12-24-20-19(18)22-28(23(30)27-20)13-4-14-31-22/h1-3,5-12,22H,4,13-14H2,(H,26,29)(H2,24,25,27,30). The molecule has 1 aromatic heterocycles. The number of nitrogens with one attached hydrogen (secondary N) is 3. The van der Waals surface area contributed by atoms with Gasteiger partial charge in [-0.2, -0.15) is 0 Å². The molecule has 3 N–H and O–H groups in total. The molecule has 1 fully saturated rings. The number of urea groups is 1. The van der Waals surface area contributed by atoms with Crippen LogP contribution < -0.4 is 16.0 Å². The van der Waals surface area contributed by atoms with Crippen molar-refractivity contribution in [2.45, 2.75) is 12.6 Å². The molecule has 5 rings (SSSR count). The number of amides is 3. The number of carbonyl (C=O) groups excluding carboxylic acids is 2. The van der Waals surface area contributed by atoms with Gasteiger partial charge in [0.05, 0.1) is 17.9 Å². The van der Waals surface area contributed by atoms with Gasteiger partial charge in [0, 0.05) is 29.7 Å². The molecule has 2 aliphatic rings. The Morgan fingerprint density at radius 3 is 2.65 bits per heavy atom. The lowest BCUT2D eigenvalue weighted by Gasteiger charge is -2.40.